The highest BCUT2D eigenvalue weighted by molar-refractivity contribution is 6.35. The van der Waals surface area contributed by atoms with Gasteiger partial charge < -0.3 is 15.7 Å². The summed E-state index contributed by atoms with van der Waals surface area (Å²) in [5, 5.41) is 16.6. The number of hydrogen-bond acceptors (Lipinski definition) is 5. The van der Waals surface area contributed by atoms with Crippen LogP contribution >= 0.6 is 0 Å². The van der Waals surface area contributed by atoms with Gasteiger partial charge in [0.2, 0.25) is 5.95 Å². The molecule has 0 amide bonds. The van der Waals surface area contributed by atoms with Crippen molar-refractivity contribution in [2.24, 2.45) is 5.92 Å². The van der Waals surface area contributed by atoms with Crippen LogP contribution < -0.4 is 16.1 Å². The number of aliphatic hydroxyl groups is 1. The number of aromatic nitrogens is 2. The van der Waals surface area contributed by atoms with E-state index in [0.717, 1.165) is 19.3 Å². The molecule has 1 aromatic heterocycles. The summed E-state index contributed by atoms with van der Waals surface area (Å²) in [7, 11) is 5.95. The number of nitrogens with one attached hydrogen (secondary N) is 2. The molecule has 0 saturated heterocycles. The lowest BCUT2D eigenvalue weighted by Gasteiger charge is -2.32. The van der Waals surface area contributed by atoms with Crippen molar-refractivity contribution in [3.05, 3.63) is 6.20 Å². The zero-order valence-electron chi connectivity index (χ0n) is 13.3. The van der Waals surface area contributed by atoms with Crippen molar-refractivity contribution in [1.82, 2.24) is 9.97 Å². The molecule has 1 aliphatic rings. The predicted molar refractivity (Wildman–Crippen MR) is 87.2 cm³/mol. The lowest BCUT2D eigenvalue weighted by molar-refractivity contribution is 0.0739. The molecule has 1 saturated carbocycles. The molecule has 1 heterocycles. The molecule has 0 aliphatic heterocycles. The van der Waals surface area contributed by atoms with Crippen molar-refractivity contribution in [2.75, 3.05) is 10.6 Å². The van der Waals surface area contributed by atoms with Gasteiger partial charge in [-0.05, 0) is 51.4 Å². The van der Waals surface area contributed by atoms with Gasteiger partial charge in [-0.15, -0.1) is 0 Å². The van der Waals surface area contributed by atoms with Crippen LogP contribution in [0.3, 0.4) is 0 Å². The van der Waals surface area contributed by atoms with E-state index in [-0.39, 0.29) is 17.7 Å². The second-order valence-corrected chi connectivity index (χ2v) is 7.07. The van der Waals surface area contributed by atoms with E-state index >= 15 is 0 Å². The molecule has 0 spiro atoms. The fourth-order valence-corrected chi connectivity index (χ4v) is 2.52. The fraction of sp³-hybridized carbons (Fsp3) is 0.733. The molecule has 1 fully saturated rings. The highest BCUT2D eigenvalue weighted by Gasteiger charge is 2.26. The second kappa shape index (κ2) is 6.22. The van der Waals surface area contributed by atoms with E-state index in [0.29, 0.717) is 23.1 Å². The Morgan fingerprint density at radius 1 is 1.33 bits per heavy atom. The average molecular weight is 288 g/mol. The SMILES string of the molecule is [B]c1cnc(NC(C)(C)C)nc1N[C@@H]1CC[C@@H](C)[C@H](O)C1. The zero-order valence-corrected chi connectivity index (χ0v) is 13.3. The largest absolute Gasteiger partial charge is 0.393 e. The third kappa shape index (κ3) is 4.59. The van der Waals surface area contributed by atoms with Crippen LogP contribution in [-0.2, 0) is 0 Å². The van der Waals surface area contributed by atoms with E-state index < -0.39 is 0 Å². The van der Waals surface area contributed by atoms with Crippen molar-refractivity contribution >= 4 is 25.1 Å². The van der Waals surface area contributed by atoms with E-state index in [2.05, 4.69) is 48.3 Å². The maximum atomic E-state index is 9.99. The van der Waals surface area contributed by atoms with Crippen LogP contribution in [0.25, 0.3) is 0 Å². The van der Waals surface area contributed by atoms with Gasteiger partial charge in [-0.1, -0.05) is 6.92 Å². The van der Waals surface area contributed by atoms with Crippen LogP contribution in [0, 0.1) is 5.92 Å². The Bertz CT molecular complexity index is 489. The van der Waals surface area contributed by atoms with Gasteiger partial charge in [0.15, 0.2) is 0 Å². The lowest BCUT2D eigenvalue weighted by Crippen LogP contribution is -2.36. The molecule has 114 valence electrons. The first-order valence-corrected chi connectivity index (χ1v) is 7.60. The summed E-state index contributed by atoms with van der Waals surface area (Å²) in [5.74, 6) is 1.57. The molecule has 1 aliphatic carbocycles. The molecule has 21 heavy (non-hydrogen) atoms. The Morgan fingerprint density at radius 2 is 2.05 bits per heavy atom. The maximum absolute atomic E-state index is 9.99. The highest BCUT2D eigenvalue weighted by atomic mass is 16.3. The van der Waals surface area contributed by atoms with Crippen LogP contribution in [0.4, 0.5) is 11.8 Å². The molecular formula is C15H25BN4O. The fourth-order valence-electron chi connectivity index (χ4n) is 2.52. The van der Waals surface area contributed by atoms with Gasteiger partial charge in [-0.3, -0.25) is 0 Å². The summed E-state index contributed by atoms with van der Waals surface area (Å²) < 4.78 is 0. The Balaban J connectivity index is 2.07. The minimum atomic E-state index is -0.258. The first-order chi connectivity index (χ1) is 9.74. The summed E-state index contributed by atoms with van der Waals surface area (Å²) >= 11 is 0. The molecule has 0 aromatic carbocycles. The van der Waals surface area contributed by atoms with E-state index in [1.807, 2.05) is 0 Å². The van der Waals surface area contributed by atoms with E-state index in [1.165, 1.54) is 0 Å². The number of rotatable bonds is 3. The summed E-state index contributed by atoms with van der Waals surface area (Å²) in [6.07, 6.45) is 4.12. The van der Waals surface area contributed by atoms with Gasteiger partial charge in [0.25, 0.3) is 0 Å². The molecule has 2 radical (unpaired) electrons. The summed E-state index contributed by atoms with van der Waals surface area (Å²) in [6, 6.07) is 0.205. The van der Waals surface area contributed by atoms with E-state index in [9.17, 15) is 5.11 Å². The van der Waals surface area contributed by atoms with Gasteiger partial charge in [0.05, 0.1) is 6.10 Å². The van der Waals surface area contributed by atoms with Crippen molar-refractivity contribution in [3.8, 4) is 0 Å². The van der Waals surface area contributed by atoms with Crippen molar-refractivity contribution in [1.29, 1.82) is 0 Å². The molecule has 5 nitrogen and oxygen atoms in total. The molecule has 6 heteroatoms. The average Bonchev–Trinajstić information content (AvgIpc) is 2.36. The molecule has 0 unspecified atom stereocenters. The van der Waals surface area contributed by atoms with Crippen molar-refractivity contribution < 1.29 is 5.11 Å². The number of anilines is 2. The van der Waals surface area contributed by atoms with Gasteiger partial charge in [0, 0.05) is 17.8 Å². The molecule has 2 rings (SSSR count). The number of hydrogen-bond donors (Lipinski definition) is 3. The quantitative estimate of drug-likeness (QED) is 0.734. The van der Waals surface area contributed by atoms with Gasteiger partial charge in [-0.25, -0.2) is 4.98 Å². The highest BCUT2D eigenvalue weighted by Crippen LogP contribution is 2.26. The number of aliphatic hydroxyl groups excluding tert-OH is 1. The lowest BCUT2D eigenvalue weighted by atomic mass is 9.84. The van der Waals surface area contributed by atoms with Crippen molar-refractivity contribution in [3.63, 3.8) is 0 Å². The molecular weight excluding hydrogens is 263 g/mol. The Morgan fingerprint density at radius 3 is 2.67 bits per heavy atom. The van der Waals surface area contributed by atoms with E-state index in [1.54, 1.807) is 6.20 Å². The van der Waals surface area contributed by atoms with Crippen LogP contribution in [0.5, 0.6) is 0 Å². The van der Waals surface area contributed by atoms with Crippen molar-refractivity contribution in [2.45, 2.75) is 64.6 Å². The third-order valence-corrected chi connectivity index (χ3v) is 3.80. The summed E-state index contributed by atoms with van der Waals surface area (Å²) in [4.78, 5) is 8.66. The molecule has 0 bridgehead atoms. The minimum absolute atomic E-state index is 0.107. The predicted octanol–water partition coefficient (Wildman–Crippen LogP) is 1.44. The number of nitrogens with zero attached hydrogens (tertiary/aromatic N) is 2. The molecule has 3 atom stereocenters. The summed E-state index contributed by atoms with van der Waals surface area (Å²) in [5.41, 5.74) is 0.423. The Labute approximate surface area is 128 Å². The Kier molecular flexibility index (Phi) is 4.76. The monoisotopic (exact) mass is 288 g/mol. The van der Waals surface area contributed by atoms with Gasteiger partial charge >= 0.3 is 0 Å². The minimum Gasteiger partial charge on any atom is -0.393 e. The van der Waals surface area contributed by atoms with Crippen LogP contribution in [0.1, 0.15) is 47.0 Å². The molecule has 1 aromatic rings. The normalized spacial score (nSPS) is 26.4. The summed E-state index contributed by atoms with van der Waals surface area (Å²) in [6.45, 7) is 8.25. The zero-order chi connectivity index (χ0) is 15.6. The van der Waals surface area contributed by atoms with Gasteiger partial charge in [-0.2, -0.15) is 4.98 Å². The molecule has 3 N–H and O–H groups in total. The standard InChI is InChI=1S/C15H25BN4O/c1-9-5-6-10(7-12(9)21)18-13-11(16)8-17-14(19-13)20-15(2,3)4/h8-10,12,21H,5-7H2,1-4H3,(H2,17,18,19,20)/t9-,10-,12-/m1/s1. The first-order valence-electron chi connectivity index (χ1n) is 7.60. The van der Waals surface area contributed by atoms with E-state index in [4.69, 9.17) is 7.85 Å². The van der Waals surface area contributed by atoms with Crippen LogP contribution in [0.2, 0.25) is 0 Å². The first kappa shape index (κ1) is 16.1. The van der Waals surface area contributed by atoms with Gasteiger partial charge in [0.1, 0.15) is 13.7 Å². The maximum Gasteiger partial charge on any atom is 0.224 e. The smallest absolute Gasteiger partial charge is 0.224 e. The Hall–Kier alpha value is -1.30. The second-order valence-electron chi connectivity index (χ2n) is 7.07. The topological polar surface area (TPSA) is 70.1 Å². The third-order valence-electron chi connectivity index (χ3n) is 3.80. The van der Waals surface area contributed by atoms with Crippen LogP contribution in [-0.4, -0.2) is 40.6 Å². The van der Waals surface area contributed by atoms with Crippen LogP contribution in [0.15, 0.2) is 6.20 Å².